The molecule has 138 valence electrons. The maximum atomic E-state index is 3.77. The van der Waals surface area contributed by atoms with Gasteiger partial charge in [0, 0.05) is 16.3 Å². The van der Waals surface area contributed by atoms with E-state index in [1.165, 1.54) is 98.0 Å². The normalized spacial score (nSPS) is 18.7. The molecule has 1 saturated carbocycles. The minimum atomic E-state index is 0.714. The molecule has 0 atom stereocenters. The number of rotatable bonds is 1. The standard InChI is InChI=1S/C25H33N/c1-19-17-18-22-21-15-11-12-16-23(21)26-25(22)24(19)20-13-9-7-5-3-2-4-6-8-10-14-20/h11-12,15-18,20,26H,2-10,13-14H2,1H3. The maximum Gasteiger partial charge on any atom is 0.0502 e. The highest BCUT2D eigenvalue weighted by Gasteiger charge is 2.19. The Morgan fingerprint density at radius 3 is 2.00 bits per heavy atom. The molecule has 0 unspecified atom stereocenters. The van der Waals surface area contributed by atoms with Gasteiger partial charge in [-0.15, -0.1) is 0 Å². The van der Waals surface area contributed by atoms with Gasteiger partial charge >= 0.3 is 0 Å². The summed E-state index contributed by atoms with van der Waals surface area (Å²) in [6.45, 7) is 2.32. The maximum absolute atomic E-state index is 3.77. The minimum absolute atomic E-state index is 0.714. The highest BCUT2D eigenvalue weighted by Crippen LogP contribution is 2.38. The number of hydrogen-bond donors (Lipinski definition) is 1. The number of H-pyrrole nitrogens is 1. The van der Waals surface area contributed by atoms with Crippen LogP contribution in [0.5, 0.6) is 0 Å². The van der Waals surface area contributed by atoms with Gasteiger partial charge in [0.05, 0.1) is 5.52 Å². The monoisotopic (exact) mass is 347 g/mol. The van der Waals surface area contributed by atoms with Gasteiger partial charge in [0.2, 0.25) is 0 Å². The molecule has 0 bridgehead atoms. The molecule has 1 heterocycles. The van der Waals surface area contributed by atoms with Crippen molar-refractivity contribution < 1.29 is 0 Å². The first kappa shape index (κ1) is 17.6. The molecule has 1 heteroatoms. The van der Waals surface area contributed by atoms with E-state index in [1.54, 1.807) is 5.56 Å². The summed E-state index contributed by atoms with van der Waals surface area (Å²) in [4.78, 5) is 3.77. The Bertz CT molecular complexity index is 845. The molecule has 0 saturated heterocycles. The van der Waals surface area contributed by atoms with Gasteiger partial charge in [-0.25, -0.2) is 0 Å². The fourth-order valence-corrected chi connectivity index (χ4v) is 5.02. The van der Waals surface area contributed by atoms with Gasteiger partial charge in [-0.1, -0.05) is 88.1 Å². The lowest BCUT2D eigenvalue weighted by Crippen LogP contribution is -2.04. The van der Waals surface area contributed by atoms with E-state index in [1.807, 2.05) is 0 Å². The average Bonchev–Trinajstić information content (AvgIpc) is 3.01. The van der Waals surface area contributed by atoms with E-state index in [-0.39, 0.29) is 0 Å². The number of aryl methyl sites for hydroxylation is 1. The SMILES string of the molecule is Cc1ccc2c([nH]c3ccccc32)c1C1CCCCCCCCCCC1. The topological polar surface area (TPSA) is 15.8 Å². The first-order chi connectivity index (χ1) is 12.8. The molecule has 0 radical (unpaired) electrons. The number of aromatic nitrogens is 1. The van der Waals surface area contributed by atoms with Crippen LogP contribution in [0.4, 0.5) is 0 Å². The number of nitrogens with one attached hydrogen (secondary N) is 1. The van der Waals surface area contributed by atoms with Crippen molar-refractivity contribution >= 4 is 21.8 Å². The van der Waals surface area contributed by atoms with Crippen LogP contribution in [0.25, 0.3) is 21.8 Å². The van der Waals surface area contributed by atoms with Crippen LogP contribution in [0.1, 0.15) is 87.7 Å². The summed E-state index contributed by atoms with van der Waals surface area (Å²) in [7, 11) is 0. The number of fused-ring (bicyclic) bond motifs is 3. The summed E-state index contributed by atoms with van der Waals surface area (Å²) < 4.78 is 0. The Kier molecular flexibility index (Phi) is 5.62. The predicted octanol–water partition coefficient (Wildman–Crippen LogP) is 8.02. The van der Waals surface area contributed by atoms with E-state index in [0.717, 1.165) is 0 Å². The Hall–Kier alpha value is -1.76. The first-order valence-electron chi connectivity index (χ1n) is 10.8. The third kappa shape index (κ3) is 3.68. The van der Waals surface area contributed by atoms with Crippen molar-refractivity contribution in [2.45, 2.75) is 83.5 Å². The Balaban J connectivity index is 1.70. The van der Waals surface area contributed by atoms with E-state index in [2.05, 4.69) is 48.3 Å². The number of para-hydroxylation sites is 1. The van der Waals surface area contributed by atoms with Gasteiger partial charge in [0.1, 0.15) is 0 Å². The number of aromatic amines is 1. The third-order valence-electron chi connectivity index (χ3n) is 6.45. The Labute approximate surface area is 158 Å². The second kappa shape index (κ2) is 8.29. The minimum Gasteiger partial charge on any atom is -0.354 e. The fourth-order valence-electron chi connectivity index (χ4n) is 5.02. The van der Waals surface area contributed by atoms with Crippen molar-refractivity contribution in [2.24, 2.45) is 0 Å². The van der Waals surface area contributed by atoms with Crippen LogP contribution in [0.2, 0.25) is 0 Å². The van der Waals surface area contributed by atoms with Crippen molar-refractivity contribution in [1.82, 2.24) is 4.98 Å². The zero-order valence-electron chi connectivity index (χ0n) is 16.3. The predicted molar refractivity (Wildman–Crippen MR) is 114 cm³/mol. The van der Waals surface area contributed by atoms with Gasteiger partial charge < -0.3 is 4.98 Å². The first-order valence-corrected chi connectivity index (χ1v) is 10.8. The molecule has 1 fully saturated rings. The van der Waals surface area contributed by atoms with E-state index in [9.17, 15) is 0 Å². The molecule has 0 amide bonds. The summed E-state index contributed by atoms with van der Waals surface area (Å²) in [5, 5.41) is 2.78. The quantitative estimate of drug-likeness (QED) is 0.458. The van der Waals surface area contributed by atoms with Crippen LogP contribution in [0.15, 0.2) is 36.4 Å². The molecule has 1 aromatic heterocycles. The lowest BCUT2D eigenvalue weighted by Gasteiger charge is -2.21. The van der Waals surface area contributed by atoms with Crippen LogP contribution >= 0.6 is 0 Å². The zero-order chi connectivity index (χ0) is 17.8. The van der Waals surface area contributed by atoms with E-state index in [4.69, 9.17) is 0 Å². The lowest BCUT2D eigenvalue weighted by atomic mass is 9.84. The molecule has 1 nitrogen and oxygen atoms in total. The average molecular weight is 348 g/mol. The smallest absolute Gasteiger partial charge is 0.0502 e. The summed E-state index contributed by atoms with van der Waals surface area (Å²) >= 11 is 0. The van der Waals surface area contributed by atoms with Crippen molar-refractivity contribution in [3.8, 4) is 0 Å². The molecule has 0 spiro atoms. The van der Waals surface area contributed by atoms with Crippen molar-refractivity contribution in [3.63, 3.8) is 0 Å². The summed E-state index contributed by atoms with van der Waals surface area (Å²) in [5.74, 6) is 0.714. The molecular formula is C25H33N. The van der Waals surface area contributed by atoms with E-state index >= 15 is 0 Å². The summed E-state index contributed by atoms with van der Waals surface area (Å²) in [5.41, 5.74) is 5.77. The van der Waals surface area contributed by atoms with Gasteiger partial charge in [-0.3, -0.25) is 0 Å². The molecule has 0 aliphatic heterocycles. The second-order valence-corrected chi connectivity index (χ2v) is 8.35. The summed E-state index contributed by atoms with van der Waals surface area (Å²) in [6.07, 6.45) is 15.5. The Morgan fingerprint density at radius 1 is 0.692 bits per heavy atom. The molecule has 1 N–H and O–H groups in total. The van der Waals surface area contributed by atoms with Crippen LogP contribution < -0.4 is 0 Å². The van der Waals surface area contributed by atoms with Crippen LogP contribution in [-0.2, 0) is 0 Å². The summed E-state index contributed by atoms with van der Waals surface area (Å²) in [6, 6.07) is 13.4. The van der Waals surface area contributed by atoms with Crippen molar-refractivity contribution in [1.29, 1.82) is 0 Å². The molecule has 4 rings (SSSR count). The van der Waals surface area contributed by atoms with Crippen LogP contribution in [-0.4, -0.2) is 4.98 Å². The van der Waals surface area contributed by atoms with Crippen LogP contribution in [0.3, 0.4) is 0 Å². The highest BCUT2D eigenvalue weighted by atomic mass is 14.7. The van der Waals surface area contributed by atoms with Crippen LogP contribution in [0, 0.1) is 6.92 Å². The molecule has 1 aliphatic rings. The molecule has 2 aromatic carbocycles. The molecular weight excluding hydrogens is 314 g/mol. The number of hydrogen-bond acceptors (Lipinski definition) is 0. The molecule has 3 aromatic rings. The van der Waals surface area contributed by atoms with Gasteiger partial charge in [-0.2, -0.15) is 0 Å². The zero-order valence-corrected chi connectivity index (χ0v) is 16.3. The van der Waals surface area contributed by atoms with E-state index < -0.39 is 0 Å². The lowest BCUT2D eigenvalue weighted by molar-refractivity contribution is 0.467. The fraction of sp³-hybridized carbons (Fsp3) is 0.520. The van der Waals surface area contributed by atoms with Crippen molar-refractivity contribution in [2.75, 3.05) is 0 Å². The highest BCUT2D eigenvalue weighted by molar-refractivity contribution is 6.08. The van der Waals surface area contributed by atoms with Gasteiger partial charge in [0.15, 0.2) is 0 Å². The second-order valence-electron chi connectivity index (χ2n) is 8.35. The Morgan fingerprint density at radius 2 is 1.31 bits per heavy atom. The van der Waals surface area contributed by atoms with Crippen molar-refractivity contribution in [3.05, 3.63) is 47.5 Å². The van der Waals surface area contributed by atoms with Gasteiger partial charge in [-0.05, 0) is 42.9 Å². The third-order valence-corrected chi connectivity index (χ3v) is 6.45. The number of benzene rings is 2. The molecule has 26 heavy (non-hydrogen) atoms. The largest absolute Gasteiger partial charge is 0.354 e. The van der Waals surface area contributed by atoms with E-state index in [0.29, 0.717) is 5.92 Å². The molecule has 1 aliphatic carbocycles. The van der Waals surface area contributed by atoms with Gasteiger partial charge in [0.25, 0.3) is 0 Å².